The predicted molar refractivity (Wildman–Crippen MR) is 107 cm³/mol. The Balaban J connectivity index is 1.89. The number of hydrogen-bond donors (Lipinski definition) is 2. The summed E-state index contributed by atoms with van der Waals surface area (Å²) >= 11 is 0. The van der Waals surface area contributed by atoms with Crippen LogP contribution in [0.4, 0.5) is 14.5 Å². The Morgan fingerprint density at radius 2 is 1.71 bits per heavy atom. The predicted octanol–water partition coefficient (Wildman–Crippen LogP) is 3.73. The van der Waals surface area contributed by atoms with Crippen molar-refractivity contribution in [1.29, 1.82) is 0 Å². The quantitative estimate of drug-likeness (QED) is 0.620. The van der Waals surface area contributed by atoms with E-state index in [1.54, 1.807) is 18.2 Å². The van der Waals surface area contributed by atoms with Crippen molar-refractivity contribution in [2.24, 2.45) is 0 Å². The van der Waals surface area contributed by atoms with Gasteiger partial charge in [0.15, 0.2) is 6.23 Å². The van der Waals surface area contributed by atoms with E-state index in [0.29, 0.717) is 10.9 Å². The molecule has 0 bridgehead atoms. The van der Waals surface area contributed by atoms with Crippen LogP contribution >= 0.6 is 0 Å². The number of anilines is 1. The molecule has 31 heavy (non-hydrogen) atoms. The molecule has 0 saturated heterocycles. The third kappa shape index (κ3) is 3.42. The van der Waals surface area contributed by atoms with Gasteiger partial charge in [-0.15, -0.1) is 0 Å². The minimum Gasteiger partial charge on any atom is -0.496 e. The molecule has 160 valence electrons. The Labute approximate surface area is 175 Å². The van der Waals surface area contributed by atoms with E-state index >= 15 is 0 Å². The summed E-state index contributed by atoms with van der Waals surface area (Å²) in [5.74, 6) is -1.91. The van der Waals surface area contributed by atoms with Crippen LogP contribution in [0.5, 0.6) is 11.5 Å². The van der Waals surface area contributed by atoms with Gasteiger partial charge in [0.2, 0.25) is 0 Å². The lowest BCUT2D eigenvalue weighted by atomic mass is 9.98. The molecule has 2 N–H and O–H groups in total. The van der Waals surface area contributed by atoms with Crippen molar-refractivity contribution < 1.29 is 38.1 Å². The molecule has 1 aliphatic rings. The van der Waals surface area contributed by atoms with Crippen LogP contribution in [0.2, 0.25) is 0 Å². The molecular weight excluding hydrogens is 412 g/mol. The number of carboxylic acid groups (broad SMARTS) is 1. The number of hydrogen-bond acceptors (Lipinski definition) is 5. The average Bonchev–Trinajstić information content (AvgIpc) is 2.99. The number of carbonyl (C=O) groups is 2. The summed E-state index contributed by atoms with van der Waals surface area (Å²) in [5, 5.41) is 20.6. The second-order valence-electron chi connectivity index (χ2n) is 6.86. The number of rotatable bonds is 6. The molecule has 0 radical (unpaired) electrons. The Kier molecular flexibility index (Phi) is 5.20. The molecule has 3 aromatic rings. The van der Waals surface area contributed by atoms with E-state index in [2.05, 4.69) is 0 Å². The third-order valence-corrected chi connectivity index (χ3v) is 5.07. The van der Waals surface area contributed by atoms with Gasteiger partial charge in [0.05, 0.1) is 24.7 Å². The number of ether oxygens (including phenoxy) is 2. The molecule has 1 aliphatic heterocycles. The fraction of sp³-hybridized carbons (Fsp3) is 0.182. The Hall–Kier alpha value is -3.72. The number of aliphatic carboxylic acids is 1. The maximum absolute atomic E-state index is 13.3. The van der Waals surface area contributed by atoms with Crippen LogP contribution in [0.25, 0.3) is 10.8 Å². The van der Waals surface area contributed by atoms with Crippen molar-refractivity contribution in [1.82, 2.24) is 0 Å². The van der Waals surface area contributed by atoms with Gasteiger partial charge in [0.1, 0.15) is 11.5 Å². The number of alkyl halides is 2. The lowest BCUT2D eigenvalue weighted by Crippen LogP contribution is -2.27. The largest absolute Gasteiger partial charge is 0.496 e. The SMILES string of the molecule is COc1c2c(c(OC(F)F)c3ccccc13)C(=O)N(c1ccc(CC(=O)O)cc1)C2O. The zero-order valence-corrected chi connectivity index (χ0v) is 16.2. The third-order valence-electron chi connectivity index (χ3n) is 5.07. The van der Waals surface area contributed by atoms with Gasteiger partial charge >= 0.3 is 12.6 Å². The van der Waals surface area contributed by atoms with Crippen LogP contribution in [-0.2, 0) is 11.2 Å². The van der Waals surface area contributed by atoms with Crippen LogP contribution in [0.1, 0.15) is 27.7 Å². The van der Waals surface area contributed by atoms with Gasteiger partial charge < -0.3 is 19.7 Å². The van der Waals surface area contributed by atoms with E-state index in [0.717, 1.165) is 4.90 Å². The first kappa shape index (κ1) is 20.5. The number of halogens is 2. The van der Waals surface area contributed by atoms with Gasteiger partial charge in [-0.2, -0.15) is 8.78 Å². The molecule has 4 rings (SSSR count). The van der Waals surface area contributed by atoms with Crippen molar-refractivity contribution in [2.45, 2.75) is 19.3 Å². The monoisotopic (exact) mass is 429 g/mol. The normalized spacial score (nSPS) is 15.5. The molecule has 1 amide bonds. The highest BCUT2D eigenvalue weighted by Gasteiger charge is 2.43. The zero-order valence-electron chi connectivity index (χ0n) is 16.2. The molecule has 1 atom stereocenters. The molecule has 9 heteroatoms. The molecular formula is C22H17F2NO6. The number of fused-ring (bicyclic) bond motifs is 2. The summed E-state index contributed by atoms with van der Waals surface area (Å²) in [6, 6.07) is 12.4. The number of amides is 1. The fourth-order valence-corrected chi connectivity index (χ4v) is 3.85. The van der Waals surface area contributed by atoms with E-state index in [-0.39, 0.29) is 40.1 Å². The van der Waals surface area contributed by atoms with Crippen LogP contribution in [-0.4, -0.2) is 35.8 Å². The van der Waals surface area contributed by atoms with E-state index in [4.69, 9.17) is 14.6 Å². The Morgan fingerprint density at radius 1 is 1.10 bits per heavy atom. The summed E-state index contributed by atoms with van der Waals surface area (Å²) in [7, 11) is 1.36. The summed E-state index contributed by atoms with van der Waals surface area (Å²) in [5.41, 5.74) is 0.575. The molecule has 0 fully saturated rings. The maximum atomic E-state index is 13.3. The standard InChI is InChI=1S/C22H17F2NO6/c1-30-18-13-4-2-3-5-14(13)19(31-22(23)24)17-16(18)20(28)25(21(17)29)12-8-6-11(7-9-12)10-15(26)27/h2-9,20,22,28H,10H2,1H3,(H,26,27). The van der Waals surface area contributed by atoms with Gasteiger partial charge in [0, 0.05) is 16.5 Å². The number of methoxy groups -OCH3 is 1. The van der Waals surface area contributed by atoms with Crippen molar-refractivity contribution >= 4 is 28.3 Å². The minimum atomic E-state index is -3.19. The number of carboxylic acids is 1. The van der Waals surface area contributed by atoms with Gasteiger partial charge in [-0.1, -0.05) is 36.4 Å². The first-order chi connectivity index (χ1) is 14.8. The molecule has 3 aromatic carbocycles. The lowest BCUT2D eigenvalue weighted by Gasteiger charge is -2.21. The molecule has 1 unspecified atom stereocenters. The molecule has 7 nitrogen and oxygen atoms in total. The van der Waals surface area contributed by atoms with Crippen molar-refractivity contribution in [3.63, 3.8) is 0 Å². The van der Waals surface area contributed by atoms with Gasteiger partial charge in [0.25, 0.3) is 5.91 Å². The molecule has 0 saturated carbocycles. The van der Waals surface area contributed by atoms with Crippen molar-refractivity contribution in [3.8, 4) is 11.5 Å². The highest BCUT2D eigenvalue weighted by Crippen LogP contribution is 2.50. The summed E-state index contributed by atoms with van der Waals surface area (Å²) in [6.45, 7) is -3.19. The highest BCUT2D eigenvalue weighted by atomic mass is 19.3. The summed E-state index contributed by atoms with van der Waals surface area (Å²) in [6.07, 6.45) is -1.73. The number of benzene rings is 3. The van der Waals surface area contributed by atoms with E-state index < -0.39 is 24.7 Å². The number of nitrogens with zero attached hydrogens (tertiary/aromatic N) is 1. The summed E-state index contributed by atoms with van der Waals surface area (Å²) < 4.78 is 36.6. The first-order valence-corrected chi connectivity index (χ1v) is 9.23. The average molecular weight is 429 g/mol. The van der Waals surface area contributed by atoms with E-state index in [1.165, 1.54) is 37.4 Å². The topological polar surface area (TPSA) is 96.3 Å². The smallest absolute Gasteiger partial charge is 0.387 e. The second kappa shape index (κ2) is 7.84. The molecule has 0 aliphatic carbocycles. The Bertz CT molecular complexity index is 1180. The second-order valence-corrected chi connectivity index (χ2v) is 6.86. The van der Waals surface area contributed by atoms with Crippen LogP contribution in [0, 0.1) is 0 Å². The van der Waals surface area contributed by atoms with Crippen molar-refractivity contribution in [2.75, 3.05) is 12.0 Å². The van der Waals surface area contributed by atoms with Crippen molar-refractivity contribution in [3.05, 3.63) is 65.2 Å². The number of aliphatic hydroxyl groups is 1. The molecule has 0 aromatic heterocycles. The maximum Gasteiger partial charge on any atom is 0.387 e. The minimum absolute atomic E-state index is 0.0245. The van der Waals surface area contributed by atoms with Gasteiger partial charge in [-0.05, 0) is 17.7 Å². The summed E-state index contributed by atoms with van der Waals surface area (Å²) in [4.78, 5) is 25.2. The van der Waals surface area contributed by atoms with E-state index in [9.17, 15) is 23.5 Å². The Morgan fingerprint density at radius 3 is 2.26 bits per heavy atom. The van der Waals surface area contributed by atoms with Crippen LogP contribution in [0.3, 0.4) is 0 Å². The van der Waals surface area contributed by atoms with Crippen LogP contribution in [0.15, 0.2) is 48.5 Å². The van der Waals surface area contributed by atoms with Crippen LogP contribution < -0.4 is 14.4 Å². The highest BCUT2D eigenvalue weighted by molar-refractivity contribution is 6.17. The molecule has 0 spiro atoms. The number of carbonyl (C=O) groups excluding carboxylic acids is 1. The first-order valence-electron chi connectivity index (χ1n) is 9.23. The lowest BCUT2D eigenvalue weighted by molar-refractivity contribution is -0.136. The number of aliphatic hydroxyl groups excluding tert-OH is 1. The molecule has 1 heterocycles. The zero-order chi connectivity index (χ0) is 22.3. The van der Waals surface area contributed by atoms with Gasteiger partial charge in [-0.25, -0.2) is 0 Å². The fourth-order valence-electron chi connectivity index (χ4n) is 3.85. The van der Waals surface area contributed by atoms with E-state index in [1.807, 2.05) is 0 Å². The van der Waals surface area contributed by atoms with Gasteiger partial charge in [-0.3, -0.25) is 14.5 Å².